The summed E-state index contributed by atoms with van der Waals surface area (Å²) < 4.78 is 37.3. The topological polar surface area (TPSA) is 90.7 Å². The number of hydrogen-bond donors (Lipinski definition) is 2. The Labute approximate surface area is 119 Å². The molecule has 1 aromatic carbocycles. The van der Waals surface area contributed by atoms with Gasteiger partial charge in [0.05, 0.1) is 23.8 Å². The van der Waals surface area contributed by atoms with Gasteiger partial charge < -0.3 is 15.2 Å². The fraction of sp³-hybridized carbons (Fsp3) is 0.538. The maximum atomic E-state index is 12.1. The number of sulfonamides is 1. The Morgan fingerprint density at radius 2 is 2.30 bits per heavy atom. The van der Waals surface area contributed by atoms with Crippen LogP contribution in [0.4, 0.5) is 5.69 Å². The van der Waals surface area contributed by atoms with Gasteiger partial charge in [-0.1, -0.05) is 0 Å². The third-order valence-corrected chi connectivity index (χ3v) is 4.76. The van der Waals surface area contributed by atoms with Crippen LogP contribution in [-0.4, -0.2) is 34.8 Å². The van der Waals surface area contributed by atoms with Crippen LogP contribution >= 0.6 is 0 Å². The molecule has 0 bridgehead atoms. The maximum absolute atomic E-state index is 12.1. The van der Waals surface area contributed by atoms with Crippen molar-refractivity contribution in [1.82, 2.24) is 4.72 Å². The normalized spacial score (nSPS) is 19.1. The lowest BCUT2D eigenvalue weighted by Gasteiger charge is -2.12. The first kappa shape index (κ1) is 15.1. The summed E-state index contributed by atoms with van der Waals surface area (Å²) in [5.41, 5.74) is 6.08. The van der Waals surface area contributed by atoms with Gasteiger partial charge in [0.1, 0.15) is 5.75 Å². The van der Waals surface area contributed by atoms with Gasteiger partial charge >= 0.3 is 0 Å². The van der Waals surface area contributed by atoms with Crippen LogP contribution in [0.5, 0.6) is 5.75 Å². The predicted molar refractivity (Wildman–Crippen MR) is 76.2 cm³/mol. The first-order chi connectivity index (χ1) is 9.53. The highest BCUT2D eigenvalue weighted by Crippen LogP contribution is 2.24. The molecule has 1 fully saturated rings. The highest BCUT2D eigenvalue weighted by molar-refractivity contribution is 7.89. The second-order valence-corrected chi connectivity index (χ2v) is 6.49. The van der Waals surface area contributed by atoms with Crippen molar-refractivity contribution in [1.29, 1.82) is 0 Å². The van der Waals surface area contributed by atoms with E-state index in [1.807, 2.05) is 0 Å². The van der Waals surface area contributed by atoms with Crippen molar-refractivity contribution in [2.75, 3.05) is 26.0 Å². The van der Waals surface area contributed by atoms with E-state index in [1.54, 1.807) is 0 Å². The summed E-state index contributed by atoms with van der Waals surface area (Å²) in [5.74, 6) is 0.354. The third kappa shape index (κ3) is 3.62. The standard InChI is InChI=1S/C13H20N2O4S/c1-18-13-9-11(4-5-12(13)14)20(16,17)15-7-6-10-3-2-8-19-10/h4-5,9-10,15H,2-3,6-8,14H2,1H3. The molecule has 1 atom stereocenters. The molecule has 1 aliphatic heterocycles. The van der Waals surface area contributed by atoms with Crippen molar-refractivity contribution in [2.45, 2.75) is 30.3 Å². The molecular formula is C13H20N2O4S. The number of nitrogens with one attached hydrogen (secondary N) is 1. The van der Waals surface area contributed by atoms with Crippen LogP contribution in [0.1, 0.15) is 19.3 Å². The highest BCUT2D eigenvalue weighted by Gasteiger charge is 2.19. The van der Waals surface area contributed by atoms with Crippen LogP contribution in [-0.2, 0) is 14.8 Å². The molecule has 112 valence electrons. The smallest absolute Gasteiger partial charge is 0.240 e. The predicted octanol–water partition coefficient (Wildman–Crippen LogP) is 1.12. The van der Waals surface area contributed by atoms with Gasteiger partial charge in [0.25, 0.3) is 0 Å². The van der Waals surface area contributed by atoms with Gasteiger partial charge in [0.15, 0.2) is 0 Å². The van der Waals surface area contributed by atoms with Gasteiger partial charge in [-0.05, 0) is 31.4 Å². The second kappa shape index (κ2) is 6.43. The largest absolute Gasteiger partial charge is 0.495 e. The van der Waals surface area contributed by atoms with Crippen LogP contribution in [0.2, 0.25) is 0 Å². The molecule has 1 saturated heterocycles. The van der Waals surface area contributed by atoms with E-state index in [2.05, 4.69) is 4.72 Å². The Hall–Kier alpha value is -1.31. The zero-order valence-electron chi connectivity index (χ0n) is 11.5. The first-order valence-electron chi connectivity index (χ1n) is 6.58. The Bertz CT molecular complexity index is 553. The van der Waals surface area contributed by atoms with Gasteiger partial charge in [-0.3, -0.25) is 0 Å². The Balaban J connectivity index is 1.98. The minimum absolute atomic E-state index is 0.149. The van der Waals surface area contributed by atoms with E-state index < -0.39 is 10.0 Å². The van der Waals surface area contributed by atoms with E-state index in [0.717, 1.165) is 19.4 Å². The molecule has 20 heavy (non-hydrogen) atoms. The Morgan fingerprint density at radius 3 is 2.95 bits per heavy atom. The molecule has 0 saturated carbocycles. The molecule has 1 unspecified atom stereocenters. The van der Waals surface area contributed by atoms with Crippen LogP contribution in [0.25, 0.3) is 0 Å². The molecule has 1 aliphatic rings. The van der Waals surface area contributed by atoms with E-state index in [9.17, 15) is 8.42 Å². The lowest BCUT2D eigenvalue weighted by Crippen LogP contribution is -2.27. The molecule has 0 aromatic heterocycles. The number of hydrogen-bond acceptors (Lipinski definition) is 5. The van der Waals surface area contributed by atoms with Gasteiger partial charge in [0, 0.05) is 19.2 Å². The van der Waals surface area contributed by atoms with Crippen LogP contribution in [0, 0.1) is 0 Å². The summed E-state index contributed by atoms with van der Waals surface area (Å²) in [7, 11) is -2.09. The molecule has 1 aromatic rings. The van der Waals surface area contributed by atoms with Gasteiger partial charge in [-0.15, -0.1) is 0 Å². The summed E-state index contributed by atoms with van der Waals surface area (Å²) in [6.07, 6.45) is 2.90. The average Bonchev–Trinajstić information content (AvgIpc) is 2.92. The van der Waals surface area contributed by atoms with Gasteiger partial charge in [0.2, 0.25) is 10.0 Å². The first-order valence-corrected chi connectivity index (χ1v) is 8.06. The Kier molecular flexibility index (Phi) is 4.85. The van der Waals surface area contributed by atoms with Crippen LogP contribution in [0.3, 0.4) is 0 Å². The van der Waals surface area contributed by atoms with Gasteiger partial charge in [-0.2, -0.15) is 0 Å². The summed E-state index contributed by atoms with van der Waals surface area (Å²) >= 11 is 0. The molecule has 0 spiro atoms. The number of nitrogen functional groups attached to an aromatic ring is 1. The van der Waals surface area contributed by atoms with Crippen molar-refractivity contribution in [2.24, 2.45) is 0 Å². The maximum Gasteiger partial charge on any atom is 0.240 e. The molecule has 0 aliphatic carbocycles. The van der Waals surface area contributed by atoms with Crippen molar-refractivity contribution in [3.63, 3.8) is 0 Å². The second-order valence-electron chi connectivity index (χ2n) is 4.73. The van der Waals surface area contributed by atoms with Crippen LogP contribution < -0.4 is 15.2 Å². The zero-order chi connectivity index (χ0) is 14.6. The fourth-order valence-electron chi connectivity index (χ4n) is 2.17. The molecule has 3 N–H and O–H groups in total. The number of benzene rings is 1. The molecule has 2 rings (SSSR count). The molecule has 7 heteroatoms. The number of rotatable bonds is 6. The monoisotopic (exact) mass is 300 g/mol. The summed E-state index contributed by atoms with van der Waals surface area (Å²) in [5, 5.41) is 0. The van der Waals surface area contributed by atoms with E-state index in [-0.39, 0.29) is 11.0 Å². The van der Waals surface area contributed by atoms with Gasteiger partial charge in [-0.25, -0.2) is 13.1 Å². The fourth-order valence-corrected chi connectivity index (χ4v) is 3.23. The number of methoxy groups -OCH3 is 1. The number of anilines is 1. The van der Waals surface area contributed by atoms with Crippen molar-refractivity contribution < 1.29 is 17.9 Å². The number of ether oxygens (including phenoxy) is 2. The van der Waals surface area contributed by atoms with E-state index in [1.165, 1.54) is 25.3 Å². The van der Waals surface area contributed by atoms with Crippen molar-refractivity contribution in [3.8, 4) is 5.75 Å². The molecule has 0 amide bonds. The Morgan fingerprint density at radius 1 is 1.50 bits per heavy atom. The van der Waals surface area contributed by atoms with Crippen LogP contribution in [0.15, 0.2) is 23.1 Å². The quantitative estimate of drug-likeness (QED) is 0.768. The summed E-state index contributed by atoms with van der Waals surface area (Å²) in [4.78, 5) is 0.149. The summed E-state index contributed by atoms with van der Waals surface area (Å²) in [6, 6.07) is 4.41. The van der Waals surface area contributed by atoms with Crippen molar-refractivity contribution in [3.05, 3.63) is 18.2 Å². The van der Waals surface area contributed by atoms with Crippen molar-refractivity contribution >= 4 is 15.7 Å². The minimum Gasteiger partial charge on any atom is -0.495 e. The lowest BCUT2D eigenvalue weighted by molar-refractivity contribution is 0.105. The summed E-state index contributed by atoms with van der Waals surface area (Å²) in [6.45, 7) is 1.13. The lowest BCUT2D eigenvalue weighted by atomic mass is 10.2. The highest BCUT2D eigenvalue weighted by atomic mass is 32.2. The SMILES string of the molecule is COc1cc(S(=O)(=O)NCCC2CCCO2)ccc1N. The van der Waals surface area contributed by atoms with E-state index in [0.29, 0.717) is 24.4 Å². The third-order valence-electron chi connectivity index (χ3n) is 3.30. The zero-order valence-corrected chi connectivity index (χ0v) is 12.3. The number of nitrogens with two attached hydrogens (primary N) is 1. The van der Waals surface area contributed by atoms with E-state index in [4.69, 9.17) is 15.2 Å². The molecule has 0 radical (unpaired) electrons. The van der Waals surface area contributed by atoms with E-state index >= 15 is 0 Å². The average molecular weight is 300 g/mol. The molecule has 1 heterocycles. The molecular weight excluding hydrogens is 280 g/mol. The minimum atomic E-state index is -3.54. The molecule has 6 nitrogen and oxygen atoms in total.